The summed E-state index contributed by atoms with van der Waals surface area (Å²) >= 11 is 3.42. The average molecular weight is 473 g/mol. The molecule has 1 aromatic heterocycles. The number of anilines is 1. The van der Waals surface area contributed by atoms with Gasteiger partial charge in [0, 0.05) is 23.1 Å². The minimum atomic E-state index is -2.63. The average Bonchev–Trinajstić information content (AvgIpc) is 2.69. The van der Waals surface area contributed by atoms with E-state index in [-0.39, 0.29) is 5.90 Å². The summed E-state index contributed by atoms with van der Waals surface area (Å²) in [6.07, 6.45) is -1.19. The zero-order valence-corrected chi connectivity index (χ0v) is 17.5. The van der Waals surface area contributed by atoms with Crippen LogP contribution in [-0.4, -0.2) is 40.6 Å². The lowest BCUT2D eigenvalue weighted by atomic mass is 10.2. The van der Waals surface area contributed by atoms with Crippen LogP contribution in [0.1, 0.15) is 18.2 Å². The van der Waals surface area contributed by atoms with Gasteiger partial charge in [-0.3, -0.25) is 9.29 Å². The quantitative estimate of drug-likeness (QED) is 0.312. The van der Waals surface area contributed by atoms with Gasteiger partial charge in [0.25, 0.3) is 6.43 Å². The highest BCUT2D eigenvalue weighted by Gasteiger charge is 2.16. The molecule has 2 aromatic rings. The molecule has 1 aromatic carbocycles. The number of ether oxygens (including phenoxy) is 1. The second-order valence-electron chi connectivity index (χ2n) is 5.41. The highest BCUT2D eigenvalue weighted by molar-refractivity contribution is 9.10. The predicted molar refractivity (Wildman–Crippen MR) is 111 cm³/mol. The fourth-order valence-electron chi connectivity index (χ4n) is 2.24. The van der Waals surface area contributed by atoms with Crippen LogP contribution >= 0.6 is 15.9 Å². The maximum atomic E-state index is 12.5. The van der Waals surface area contributed by atoms with E-state index in [4.69, 9.17) is 4.74 Å². The molecule has 0 radical (unpaired) electrons. The number of aromatic nitrogens is 1. The second kappa shape index (κ2) is 11.0. The fraction of sp³-hybridized carbons (Fsp3) is 0.278. The molecule has 0 aliphatic carbocycles. The van der Waals surface area contributed by atoms with Crippen molar-refractivity contribution in [1.29, 1.82) is 0 Å². The van der Waals surface area contributed by atoms with E-state index in [0.29, 0.717) is 23.6 Å². The molecule has 2 rings (SSSR count). The van der Waals surface area contributed by atoms with Gasteiger partial charge in [-0.25, -0.2) is 13.0 Å². The van der Waals surface area contributed by atoms with Crippen molar-refractivity contribution in [2.75, 3.05) is 16.7 Å². The van der Waals surface area contributed by atoms with E-state index in [1.54, 1.807) is 16.4 Å². The maximum Gasteiger partial charge on any atom is 0.272 e. The molecular formula is C18H19BrF2N4O2S. The lowest BCUT2D eigenvalue weighted by Gasteiger charge is -2.23. The lowest BCUT2D eigenvalue weighted by Crippen LogP contribution is -2.27. The van der Waals surface area contributed by atoms with E-state index >= 15 is 0 Å². The van der Waals surface area contributed by atoms with Crippen LogP contribution in [0.3, 0.4) is 0 Å². The first-order chi connectivity index (χ1) is 13.4. The van der Waals surface area contributed by atoms with Crippen LogP contribution in [0, 0.1) is 0 Å². The molecule has 1 heterocycles. The normalized spacial score (nSPS) is 12.7. The van der Waals surface area contributed by atoms with E-state index in [2.05, 4.69) is 37.8 Å². The molecule has 0 fully saturated rings. The molecule has 1 atom stereocenters. The highest BCUT2D eigenvalue weighted by atomic mass is 79.9. The molecule has 0 N–H and O–H groups in total. The maximum absolute atomic E-state index is 12.5. The van der Waals surface area contributed by atoms with E-state index < -0.39 is 24.0 Å². The number of rotatable bonds is 9. The van der Waals surface area contributed by atoms with Crippen molar-refractivity contribution < 1.29 is 17.7 Å². The van der Waals surface area contributed by atoms with E-state index in [0.717, 1.165) is 10.2 Å². The van der Waals surface area contributed by atoms with Crippen LogP contribution in [0.5, 0.6) is 0 Å². The largest absolute Gasteiger partial charge is 0.470 e. The molecule has 0 saturated carbocycles. The van der Waals surface area contributed by atoms with E-state index in [9.17, 15) is 13.0 Å². The Morgan fingerprint density at radius 2 is 2.18 bits per heavy atom. The van der Waals surface area contributed by atoms with E-state index in [1.165, 1.54) is 6.20 Å². The number of benzene rings is 1. The van der Waals surface area contributed by atoms with Gasteiger partial charge in [0.2, 0.25) is 5.90 Å². The standard InChI is InChI=1S/C18H19BrF2N4O2S/c1-3-28(26)25(16-6-4-5-14(19)9-16)11-15-8-7-13(10-23-15)18(24-22-2)27-12-17(20)21/h4-10,17H,2-3,11-12H2,1H3/b24-18-. The van der Waals surface area contributed by atoms with Gasteiger partial charge in [-0.15, -0.1) is 5.10 Å². The molecule has 0 spiro atoms. The Labute approximate surface area is 173 Å². The number of pyridine rings is 1. The van der Waals surface area contributed by atoms with Crippen molar-refractivity contribution in [1.82, 2.24) is 4.98 Å². The van der Waals surface area contributed by atoms with Gasteiger partial charge in [0.1, 0.15) is 11.0 Å². The Bertz CT molecular complexity index is 850. The van der Waals surface area contributed by atoms with Crippen molar-refractivity contribution >= 4 is 45.2 Å². The van der Waals surface area contributed by atoms with E-state index in [1.807, 2.05) is 31.2 Å². The second-order valence-corrected chi connectivity index (χ2v) is 7.99. The van der Waals surface area contributed by atoms with Gasteiger partial charge in [0.15, 0.2) is 6.61 Å². The SMILES string of the molecule is C=N/N=C(\OCC(F)F)c1ccc(CN(c2cccc(Br)c2)S(=O)CC)nc1. The summed E-state index contributed by atoms with van der Waals surface area (Å²) in [4.78, 5) is 4.32. The minimum Gasteiger partial charge on any atom is -0.470 e. The van der Waals surface area contributed by atoms with Gasteiger partial charge in [-0.2, -0.15) is 5.10 Å². The monoisotopic (exact) mass is 472 g/mol. The summed E-state index contributed by atoms with van der Waals surface area (Å²) < 4.78 is 44.8. The molecule has 0 amide bonds. The molecular weight excluding hydrogens is 454 g/mol. The zero-order chi connectivity index (χ0) is 20.5. The van der Waals surface area contributed by atoms with Crippen molar-refractivity contribution in [3.8, 4) is 0 Å². The molecule has 1 unspecified atom stereocenters. The fourth-order valence-corrected chi connectivity index (χ4v) is 3.56. The summed E-state index contributed by atoms with van der Waals surface area (Å²) in [7, 11) is -1.23. The molecule has 0 aliphatic heterocycles. The number of hydrogen-bond acceptors (Lipinski definition) is 5. The van der Waals surface area contributed by atoms with Crippen molar-refractivity contribution in [3.63, 3.8) is 0 Å². The van der Waals surface area contributed by atoms with Crippen LogP contribution < -0.4 is 4.31 Å². The number of alkyl halides is 2. The van der Waals surface area contributed by atoms with Crippen molar-refractivity contribution in [2.24, 2.45) is 10.2 Å². The molecule has 0 bridgehead atoms. The molecule has 10 heteroatoms. The molecule has 28 heavy (non-hydrogen) atoms. The summed E-state index contributed by atoms with van der Waals surface area (Å²) in [5, 5.41) is 6.96. The third kappa shape index (κ3) is 6.45. The third-order valence-corrected chi connectivity index (χ3v) is 5.29. The Morgan fingerprint density at radius 3 is 2.75 bits per heavy atom. The zero-order valence-electron chi connectivity index (χ0n) is 15.1. The first-order valence-electron chi connectivity index (χ1n) is 8.26. The number of nitrogens with zero attached hydrogens (tertiary/aromatic N) is 4. The summed E-state index contributed by atoms with van der Waals surface area (Å²) in [6.45, 7) is 4.55. The van der Waals surface area contributed by atoms with Gasteiger partial charge in [-0.1, -0.05) is 28.9 Å². The van der Waals surface area contributed by atoms with Gasteiger partial charge in [0.05, 0.1) is 23.5 Å². The lowest BCUT2D eigenvalue weighted by molar-refractivity contribution is 0.0765. The van der Waals surface area contributed by atoms with Crippen molar-refractivity contribution in [3.05, 3.63) is 58.3 Å². The topological polar surface area (TPSA) is 67.2 Å². The smallest absolute Gasteiger partial charge is 0.272 e. The van der Waals surface area contributed by atoms with Crippen LogP contribution in [0.15, 0.2) is 57.3 Å². The van der Waals surface area contributed by atoms with Crippen molar-refractivity contribution in [2.45, 2.75) is 19.9 Å². The molecule has 150 valence electrons. The van der Waals surface area contributed by atoms with Crippen LogP contribution in [0.4, 0.5) is 14.5 Å². The first kappa shape index (κ1) is 22.1. The van der Waals surface area contributed by atoms with Gasteiger partial charge in [-0.05, 0) is 30.3 Å². The predicted octanol–water partition coefficient (Wildman–Crippen LogP) is 4.18. The van der Waals surface area contributed by atoms with Crippen LogP contribution in [-0.2, 0) is 22.3 Å². The van der Waals surface area contributed by atoms with Crippen LogP contribution in [0.2, 0.25) is 0 Å². The Kier molecular flexibility index (Phi) is 8.65. The Balaban J connectivity index is 2.21. The third-order valence-electron chi connectivity index (χ3n) is 3.47. The molecule has 6 nitrogen and oxygen atoms in total. The number of halogens is 3. The molecule has 0 aliphatic rings. The summed E-state index contributed by atoms with van der Waals surface area (Å²) in [5.41, 5.74) is 1.83. The Hall–Kier alpha value is -2.20. The first-order valence-corrected chi connectivity index (χ1v) is 10.3. The Morgan fingerprint density at radius 1 is 1.39 bits per heavy atom. The molecule has 0 saturated heterocycles. The minimum absolute atomic E-state index is 0.0877. The van der Waals surface area contributed by atoms with Gasteiger partial charge < -0.3 is 4.74 Å². The summed E-state index contributed by atoms with van der Waals surface area (Å²) in [5.74, 6) is 0.365. The van der Waals surface area contributed by atoms with Gasteiger partial charge >= 0.3 is 0 Å². The van der Waals surface area contributed by atoms with Crippen LogP contribution in [0.25, 0.3) is 0 Å². The number of hydrogen-bond donors (Lipinski definition) is 0. The highest BCUT2D eigenvalue weighted by Crippen LogP contribution is 2.23. The summed E-state index contributed by atoms with van der Waals surface area (Å²) in [6, 6.07) is 10.8.